The van der Waals surface area contributed by atoms with Crippen LogP contribution < -0.4 is 0 Å². The van der Waals surface area contributed by atoms with Crippen molar-refractivity contribution in [3.05, 3.63) is 29.6 Å². The van der Waals surface area contributed by atoms with E-state index in [1.165, 1.54) is 6.39 Å². The van der Waals surface area contributed by atoms with Crippen molar-refractivity contribution in [2.75, 3.05) is 0 Å². The lowest BCUT2D eigenvalue weighted by molar-refractivity contribution is 0.319. The van der Waals surface area contributed by atoms with Crippen molar-refractivity contribution in [3.63, 3.8) is 0 Å². The van der Waals surface area contributed by atoms with Gasteiger partial charge in [0.2, 0.25) is 5.89 Å². The number of hydrogen-bond acceptors (Lipinski definition) is 5. The Bertz CT molecular complexity index is 542. The second kappa shape index (κ2) is 6.87. The average Bonchev–Trinajstić information content (AvgIpc) is 2.85. The van der Waals surface area contributed by atoms with Gasteiger partial charge in [-0.1, -0.05) is 54.1 Å². The first kappa shape index (κ1) is 19.4. The molecule has 2 aromatic heterocycles. The fraction of sp³-hybridized carbons (Fsp3) is 0.688. The van der Waals surface area contributed by atoms with E-state index in [0.717, 1.165) is 11.5 Å². The van der Waals surface area contributed by atoms with Crippen LogP contribution in [0.1, 0.15) is 72.1 Å². The fourth-order valence-corrected chi connectivity index (χ4v) is 1.62. The summed E-state index contributed by atoms with van der Waals surface area (Å²) in [6.07, 6.45) is 1.50. The molecule has 0 radical (unpaired) electrons. The predicted octanol–water partition coefficient (Wildman–Crippen LogP) is 4.59. The van der Waals surface area contributed by atoms with Gasteiger partial charge in [0.15, 0.2) is 12.2 Å². The van der Waals surface area contributed by atoms with E-state index in [1.54, 1.807) is 0 Å². The summed E-state index contributed by atoms with van der Waals surface area (Å²) >= 11 is 0. The summed E-state index contributed by atoms with van der Waals surface area (Å²) < 4.78 is 10.2. The zero-order valence-electron chi connectivity index (χ0n) is 13.7. The van der Waals surface area contributed by atoms with Gasteiger partial charge in [0.1, 0.15) is 5.76 Å². The minimum atomic E-state index is -0.0265. The van der Waals surface area contributed by atoms with Gasteiger partial charge in [-0.05, 0) is 13.8 Å². The smallest absolute Gasteiger partial charge is 0.232 e. The number of oxazole rings is 1. The molecule has 0 N–H and O–H groups in total. The van der Waals surface area contributed by atoms with Crippen LogP contribution in [-0.2, 0) is 10.8 Å². The van der Waals surface area contributed by atoms with Gasteiger partial charge in [-0.15, -0.1) is 0 Å². The lowest BCUT2D eigenvalue weighted by Crippen LogP contribution is -2.11. The highest BCUT2D eigenvalue weighted by molar-refractivity contribution is 5.13. The summed E-state index contributed by atoms with van der Waals surface area (Å²) in [6, 6.07) is 0. The van der Waals surface area contributed by atoms with Crippen molar-refractivity contribution in [1.82, 2.24) is 15.1 Å². The topological polar surface area (TPSA) is 65.0 Å². The van der Waals surface area contributed by atoms with Crippen molar-refractivity contribution in [2.24, 2.45) is 0 Å². The van der Waals surface area contributed by atoms with Crippen LogP contribution in [0.3, 0.4) is 0 Å². The third-order valence-corrected chi connectivity index (χ3v) is 2.60. The number of nitrogens with zero attached hydrogens (tertiary/aromatic N) is 3. The number of aryl methyl sites for hydroxylation is 2. The standard InChI is InChI=1S/C8H13NO.C7H12N2O.CH4/c1-6-7(8(2,3)4)10-5-9-6;1-5-8-6(10-9-5)7(2,3)4;/h5H,1-4H3;1-4H3;1H4. The highest BCUT2D eigenvalue weighted by atomic mass is 16.5. The molecule has 0 saturated carbocycles. The lowest BCUT2D eigenvalue weighted by atomic mass is 9.92. The van der Waals surface area contributed by atoms with Crippen LogP contribution in [-0.4, -0.2) is 15.1 Å². The number of hydrogen-bond donors (Lipinski definition) is 0. The minimum absolute atomic E-state index is 0. The van der Waals surface area contributed by atoms with Gasteiger partial charge in [-0.25, -0.2) is 4.98 Å². The second-order valence-electron chi connectivity index (χ2n) is 6.91. The Kier molecular flexibility index (Phi) is 6.33. The summed E-state index contributed by atoms with van der Waals surface area (Å²) in [5, 5.41) is 3.70. The molecule has 2 rings (SSSR count). The molecule has 0 aliphatic rings. The average molecular weight is 295 g/mol. The molecule has 0 aliphatic heterocycles. The van der Waals surface area contributed by atoms with Crippen LogP contribution in [0.4, 0.5) is 0 Å². The summed E-state index contributed by atoms with van der Waals surface area (Å²) in [7, 11) is 0. The van der Waals surface area contributed by atoms with E-state index in [2.05, 4.69) is 35.9 Å². The van der Waals surface area contributed by atoms with E-state index in [9.17, 15) is 0 Å². The zero-order chi connectivity index (χ0) is 15.6. The van der Waals surface area contributed by atoms with Gasteiger partial charge in [0, 0.05) is 10.8 Å². The molecule has 5 heteroatoms. The minimum Gasteiger partial charge on any atom is -0.448 e. The van der Waals surface area contributed by atoms with Crippen LogP contribution >= 0.6 is 0 Å². The largest absolute Gasteiger partial charge is 0.448 e. The van der Waals surface area contributed by atoms with E-state index in [0.29, 0.717) is 11.7 Å². The van der Waals surface area contributed by atoms with Crippen LogP contribution in [0.2, 0.25) is 0 Å². The molecular formula is C16H29N3O2. The molecule has 0 atom stereocenters. The molecule has 120 valence electrons. The Labute approximate surface area is 128 Å². The highest BCUT2D eigenvalue weighted by Crippen LogP contribution is 2.24. The monoisotopic (exact) mass is 295 g/mol. The molecule has 0 fully saturated rings. The summed E-state index contributed by atoms with van der Waals surface area (Å²) in [5.74, 6) is 2.38. The third-order valence-electron chi connectivity index (χ3n) is 2.60. The first-order chi connectivity index (χ1) is 9.01. The lowest BCUT2D eigenvalue weighted by Gasteiger charge is -2.14. The van der Waals surface area contributed by atoms with Gasteiger partial charge in [-0.2, -0.15) is 4.98 Å². The molecule has 2 aromatic rings. The molecule has 0 amide bonds. The van der Waals surface area contributed by atoms with Crippen LogP contribution in [0, 0.1) is 13.8 Å². The highest BCUT2D eigenvalue weighted by Gasteiger charge is 2.20. The van der Waals surface area contributed by atoms with Gasteiger partial charge >= 0.3 is 0 Å². The maximum absolute atomic E-state index is 5.22. The third kappa shape index (κ3) is 5.69. The maximum atomic E-state index is 5.22. The van der Waals surface area contributed by atoms with Crippen molar-refractivity contribution >= 4 is 0 Å². The molecule has 2 heterocycles. The number of aromatic nitrogens is 3. The van der Waals surface area contributed by atoms with Crippen LogP contribution in [0.15, 0.2) is 15.3 Å². The van der Waals surface area contributed by atoms with Gasteiger partial charge < -0.3 is 8.94 Å². The molecule has 0 unspecified atom stereocenters. The van der Waals surface area contributed by atoms with Gasteiger partial charge in [-0.3, -0.25) is 0 Å². The Morgan fingerprint density at radius 2 is 1.52 bits per heavy atom. The van der Waals surface area contributed by atoms with E-state index in [4.69, 9.17) is 8.94 Å². The Morgan fingerprint density at radius 3 is 1.71 bits per heavy atom. The summed E-state index contributed by atoms with van der Waals surface area (Å²) in [6.45, 7) is 16.2. The molecule has 5 nitrogen and oxygen atoms in total. The van der Waals surface area contributed by atoms with Gasteiger partial charge in [0.05, 0.1) is 5.69 Å². The number of rotatable bonds is 0. The van der Waals surface area contributed by atoms with Crippen LogP contribution in [0.5, 0.6) is 0 Å². The maximum Gasteiger partial charge on any atom is 0.232 e. The molecule has 0 aromatic carbocycles. The fourth-order valence-electron chi connectivity index (χ4n) is 1.62. The van der Waals surface area contributed by atoms with E-state index >= 15 is 0 Å². The summed E-state index contributed by atoms with van der Waals surface area (Å²) in [4.78, 5) is 8.12. The predicted molar refractivity (Wildman–Crippen MR) is 84.4 cm³/mol. The van der Waals surface area contributed by atoms with E-state index in [1.807, 2.05) is 34.6 Å². The van der Waals surface area contributed by atoms with Crippen molar-refractivity contribution in [3.8, 4) is 0 Å². The molecule has 0 spiro atoms. The first-order valence-electron chi connectivity index (χ1n) is 6.73. The summed E-state index contributed by atoms with van der Waals surface area (Å²) in [5.41, 5.74) is 1.05. The van der Waals surface area contributed by atoms with Gasteiger partial charge in [0.25, 0.3) is 0 Å². The van der Waals surface area contributed by atoms with Crippen molar-refractivity contribution in [2.45, 2.75) is 73.6 Å². The molecule has 0 bridgehead atoms. The Hall–Kier alpha value is -1.65. The quantitative estimate of drug-likeness (QED) is 0.711. The molecule has 21 heavy (non-hydrogen) atoms. The van der Waals surface area contributed by atoms with Crippen molar-refractivity contribution < 1.29 is 8.94 Å². The molecular weight excluding hydrogens is 266 g/mol. The van der Waals surface area contributed by atoms with E-state index in [-0.39, 0.29) is 18.3 Å². The normalized spacial score (nSPS) is 11.4. The van der Waals surface area contributed by atoms with Crippen molar-refractivity contribution in [1.29, 1.82) is 0 Å². The molecule has 0 saturated heterocycles. The van der Waals surface area contributed by atoms with Crippen LogP contribution in [0.25, 0.3) is 0 Å². The van der Waals surface area contributed by atoms with E-state index < -0.39 is 0 Å². The molecule has 0 aliphatic carbocycles. The SMILES string of the molecule is C.Cc1ncoc1C(C)(C)C.Cc1noc(C(C)(C)C)n1. The second-order valence-corrected chi connectivity index (χ2v) is 6.91. The Morgan fingerprint density at radius 1 is 0.952 bits per heavy atom. The Balaban J connectivity index is 0.000000364. The first-order valence-corrected chi connectivity index (χ1v) is 6.73. The zero-order valence-corrected chi connectivity index (χ0v) is 13.7.